The summed E-state index contributed by atoms with van der Waals surface area (Å²) < 4.78 is 0. The Morgan fingerprint density at radius 1 is 0.905 bits per heavy atom. The minimum Gasteiger partial charge on any atom is -0.351 e. The van der Waals surface area contributed by atoms with Crippen LogP contribution >= 0.6 is 23.2 Å². The van der Waals surface area contributed by atoms with Crippen molar-refractivity contribution >= 4 is 46.5 Å². The summed E-state index contributed by atoms with van der Waals surface area (Å²) in [7, 11) is 0. The van der Waals surface area contributed by atoms with E-state index in [1.165, 1.54) is 18.2 Å². The predicted octanol–water partition coefficient (Wildman–Crippen LogP) is 3.74. The number of halogens is 2. The van der Waals surface area contributed by atoms with Crippen LogP contribution < -0.4 is 16.4 Å². The molecule has 0 spiro atoms. The molecule has 0 atom stereocenters. The number of urea groups is 1. The minimum atomic E-state index is -0.680. The Morgan fingerprint density at radius 2 is 1.48 bits per heavy atom. The van der Waals surface area contributed by atoms with Crippen molar-refractivity contribution < 1.29 is 9.59 Å². The standard InChI is InChI=1S/C14H11Cl2N3O2/c15-9-4-8(5-10(16)6-9)13(20)18-11-2-1-3-12(7-11)19-14(17)21/h1-7H,(H,18,20)(H3,17,19,21). The van der Waals surface area contributed by atoms with E-state index in [1.807, 2.05) is 0 Å². The highest BCUT2D eigenvalue weighted by molar-refractivity contribution is 6.35. The molecule has 0 unspecified atom stereocenters. The van der Waals surface area contributed by atoms with Crippen LogP contribution in [0.15, 0.2) is 42.5 Å². The van der Waals surface area contributed by atoms with Gasteiger partial charge in [0.25, 0.3) is 5.91 Å². The maximum atomic E-state index is 12.1. The maximum Gasteiger partial charge on any atom is 0.316 e. The van der Waals surface area contributed by atoms with Gasteiger partial charge in [0, 0.05) is 27.0 Å². The Bertz CT molecular complexity index is 684. The highest BCUT2D eigenvalue weighted by atomic mass is 35.5. The first-order chi connectivity index (χ1) is 9.94. The van der Waals surface area contributed by atoms with Crippen molar-refractivity contribution in [1.82, 2.24) is 0 Å². The number of anilines is 2. The lowest BCUT2D eigenvalue weighted by Crippen LogP contribution is -2.19. The highest BCUT2D eigenvalue weighted by Gasteiger charge is 2.09. The highest BCUT2D eigenvalue weighted by Crippen LogP contribution is 2.21. The molecule has 0 saturated carbocycles. The van der Waals surface area contributed by atoms with E-state index in [9.17, 15) is 9.59 Å². The number of carbonyl (C=O) groups is 2. The molecule has 2 aromatic carbocycles. The fraction of sp³-hybridized carbons (Fsp3) is 0. The molecule has 4 N–H and O–H groups in total. The van der Waals surface area contributed by atoms with Gasteiger partial charge in [0.05, 0.1) is 0 Å². The van der Waals surface area contributed by atoms with Crippen molar-refractivity contribution in [3.05, 3.63) is 58.1 Å². The molecule has 3 amide bonds. The van der Waals surface area contributed by atoms with Gasteiger partial charge >= 0.3 is 6.03 Å². The molecule has 5 nitrogen and oxygen atoms in total. The van der Waals surface area contributed by atoms with Crippen LogP contribution in [-0.4, -0.2) is 11.9 Å². The van der Waals surface area contributed by atoms with Crippen LogP contribution in [0, 0.1) is 0 Å². The summed E-state index contributed by atoms with van der Waals surface area (Å²) in [6.07, 6.45) is 0. The zero-order chi connectivity index (χ0) is 15.4. The molecule has 0 heterocycles. The average Bonchev–Trinajstić information content (AvgIpc) is 2.37. The summed E-state index contributed by atoms with van der Waals surface area (Å²) in [4.78, 5) is 22.9. The first-order valence-electron chi connectivity index (χ1n) is 5.88. The summed E-state index contributed by atoms with van der Waals surface area (Å²) in [5.74, 6) is -0.365. The molecule has 0 aliphatic heterocycles. The molecule has 2 rings (SSSR count). The van der Waals surface area contributed by atoms with E-state index < -0.39 is 6.03 Å². The molecule has 0 aromatic heterocycles. The molecule has 0 radical (unpaired) electrons. The van der Waals surface area contributed by atoms with Crippen LogP contribution in [-0.2, 0) is 0 Å². The lowest BCUT2D eigenvalue weighted by atomic mass is 10.2. The quantitative estimate of drug-likeness (QED) is 0.803. The molecule has 108 valence electrons. The Labute approximate surface area is 131 Å². The summed E-state index contributed by atoms with van der Waals surface area (Å²) >= 11 is 11.7. The zero-order valence-corrected chi connectivity index (χ0v) is 12.2. The number of benzene rings is 2. The second-order valence-electron chi connectivity index (χ2n) is 4.18. The van der Waals surface area contributed by atoms with E-state index in [4.69, 9.17) is 28.9 Å². The number of nitrogens with two attached hydrogens (primary N) is 1. The van der Waals surface area contributed by atoms with Crippen LogP contribution in [0.25, 0.3) is 0 Å². The van der Waals surface area contributed by atoms with E-state index >= 15 is 0 Å². The van der Waals surface area contributed by atoms with Gasteiger partial charge in [-0.15, -0.1) is 0 Å². The summed E-state index contributed by atoms with van der Waals surface area (Å²) in [5.41, 5.74) is 6.35. The fourth-order valence-corrected chi connectivity index (χ4v) is 2.23. The number of primary amides is 1. The van der Waals surface area contributed by atoms with Crippen LogP contribution in [0.3, 0.4) is 0 Å². The van der Waals surface area contributed by atoms with Crippen LogP contribution in [0.5, 0.6) is 0 Å². The molecular formula is C14H11Cl2N3O2. The Hall–Kier alpha value is -2.24. The number of carbonyl (C=O) groups excluding carboxylic acids is 2. The van der Waals surface area contributed by atoms with Crippen molar-refractivity contribution in [3.63, 3.8) is 0 Å². The minimum absolute atomic E-state index is 0.334. The van der Waals surface area contributed by atoms with Gasteiger partial charge in [-0.1, -0.05) is 29.3 Å². The SMILES string of the molecule is NC(=O)Nc1cccc(NC(=O)c2cc(Cl)cc(Cl)c2)c1. The molecule has 0 fully saturated rings. The van der Waals surface area contributed by atoms with Crippen LogP contribution in [0.4, 0.5) is 16.2 Å². The molecule has 0 aliphatic rings. The van der Waals surface area contributed by atoms with E-state index in [-0.39, 0.29) is 5.91 Å². The number of amides is 3. The van der Waals surface area contributed by atoms with Gasteiger partial charge in [-0.25, -0.2) is 4.79 Å². The molecule has 21 heavy (non-hydrogen) atoms. The summed E-state index contributed by atoms with van der Waals surface area (Å²) in [6.45, 7) is 0. The fourth-order valence-electron chi connectivity index (χ4n) is 1.71. The lowest BCUT2D eigenvalue weighted by molar-refractivity contribution is 0.102. The smallest absolute Gasteiger partial charge is 0.316 e. The lowest BCUT2D eigenvalue weighted by Gasteiger charge is -2.08. The van der Waals surface area contributed by atoms with Crippen molar-refractivity contribution in [2.75, 3.05) is 10.6 Å². The van der Waals surface area contributed by atoms with Gasteiger partial charge in [-0.2, -0.15) is 0 Å². The Kier molecular flexibility index (Phi) is 4.67. The second-order valence-corrected chi connectivity index (χ2v) is 5.06. The molecule has 0 bridgehead atoms. The molecule has 0 aliphatic carbocycles. The predicted molar refractivity (Wildman–Crippen MR) is 84.1 cm³/mol. The number of rotatable bonds is 3. The zero-order valence-electron chi connectivity index (χ0n) is 10.7. The van der Waals surface area contributed by atoms with Crippen molar-refractivity contribution in [2.45, 2.75) is 0 Å². The van der Waals surface area contributed by atoms with Crippen molar-refractivity contribution in [1.29, 1.82) is 0 Å². The van der Waals surface area contributed by atoms with Gasteiger partial charge in [0.15, 0.2) is 0 Å². The number of nitrogens with one attached hydrogen (secondary N) is 2. The summed E-state index contributed by atoms with van der Waals surface area (Å²) in [5, 5.41) is 5.84. The average molecular weight is 324 g/mol. The maximum absolute atomic E-state index is 12.1. The largest absolute Gasteiger partial charge is 0.351 e. The Morgan fingerprint density at radius 3 is 2.05 bits per heavy atom. The molecular weight excluding hydrogens is 313 g/mol. The van der Waals surface area contributed by atoms with Crippen LogP contribution in [0.2, 0.25) is 10.0 Å². The number of hydrogen-bond donors (Lipinski definition) is 3. The van der Waals surface area contributed by atoms with Crippen molar-refractivity contribution in [2.24, 2.45) is 5.73 Å². The van der Waals surface area contributed by atoms with Crippen molar-refractivity contribution in [3.8, 4) is 0 Å². The van der Waals surface area contributed by atoms with E-state index in [1.54, 1.807) is 24.3 Å². The van der Waals surface area contributed by atoms with Gasteiger partial charge < -0.3 is 16.4 Å². The third kappa shape index (κ3) is 4.37. The Balaban J connectivity index is 2.17. The van der Waals surface area contributed by atoms with Crippen LogP contribution in [0.1, 0.15) is 10.4 Å². The van der Waals surface area contributed by atoms with Gasteiger partial charge in [-0.3, -0.25) is 4.79 Å². The van der Waals surface area contributed by atoms with Gasteiger partial charge in [0.1, 0.15) is 0 Å². The summed E-state index contributed by atoms with van der Waals surface area (Å²) in [6, 6.07) is 10.5. The van der Waals surface area contributed by atoms with E-state index in [0.717, 1.165) is 0 Å². The topological polar surface area (TPSA) is 84.2 Å². The molecule has 7 heteroatoms. The van der Waals surface area contributed by atoms with E-state index in [2.05, 4.69) is 10.6 Å². The second kappa shape index (κ2) is 6.47. The first-order valence-corrected chi connectivity index (χ1v) is 6.63. The van der Waals surface area contributed by atoms with Gasteiger partial charge in [-0.05, 0) is 36.4 Å². The first kappa shape index (κ1) is 15.2. The third-order valence-corrected chi connectivity index (χ3v) is 2.95. The molecule has 2 aromatic rings. The monoisotopic (exact) mass is 323 g/mol. The normalized spacial score (nSPS) is 10.0. The van der Waals surface area contributed by atoms with E-state index in [0.29, 0.717) is 27.0 Å². The van der Waals surface area contributed by atoms with Gasteiger partial charge in [0.2, 0.25) is 0 Å². The number of hydrogen-bond acceptors (Lipinski definition) is 2. The third-order valence-electron chi connectivity index (χ3n) is 2.51. The molecule has 0 saturated heterocycles.